The Morgan fingerprint density at radius 3 is 2.50 bits per heavy atom. The van der Waals surface area contributed by atoms with Crippen LogP contribution < -0.4 is 5.73 Å². The zero-order valence-corrected chi connectivity index (χ0v) is 13.4. The van der Waals surface area contributed by atoms with Crippen LogP contribution in [0.25, 0.3) is 0 Å². The number of nitrogens with two attached hydrogens (primary N) is 1. The third kappa shape index (κ3) is 2.55. The minimum atomic E-state index is 0.0157. The molecule has 106 valence electrons. The Bertz CT molecular complexity index is 619. The number of aryl methyl sites for hydroxylation is 2. The van der Waals surface area contributed by atoms with Crippen LogP contribution in [0.5, 0.6) is 0 Å². The summed E-state index contributed by atoms with van der Waals surface area (Å²) in [5, 5.41) is 0. The van der Waals surface area contributed by atoms with Crippen molar-refractivity contribution in [1.29, 1.82) is 0 Å². The van der Waals surface area contributed by atoms with E-state index in [0.717, 1.165) is 0 Å². The highest BCUT2D eigenvalue weighted by Crippen LogP contribution is 2.34. The maximum Gasteiger partial charge on any atom is 0.0646 e. The van der Waals surface area contributed by atoms with E-state index >= 15 is 0 Å². The van der Waals surface area contributed by atoms with Gasteiger partial charge in [-0.05, 0) is 53.5 Å². The van der Waals surface area contributed by atoms with Crippen LogP contribution in [0, 0.1) is 0 Å². The molecule has 0 aliphatic heterocycles. The Labute approximate surface area is 125 Å². The Hall–Kier alpha value is -1.12. The number of thiophene rings is 1. The second-order valence-electron chi connectivity index (χ2n) is 6.81. The van der Waals surface area contributed by atoms with Gasteiger partial charge in [-0.15, -0.1) is 11.3 Å². The van der Waals surface area contributed by atoms with Gasteiger partial charge in [0.05, 0.1) is 6.04 Å². The van der Waals surface area contributed by atoms with Crippen LogP contribution >= 0.6 is 11.3 Å². The van der Waals surface area contributed by atoms with Crippen molar-refractivity contribution >= 4 is 11.3 Å². The number of benzene rings is 1. The van der Waals surface area contributed by atoms with E-state index in [1.165, 1.54) is 45.7 Å². The fourth-order valence-corrected chi connectivity index (χ4v) is 3.97. The van der Waals surface area contributed by atoms with Crippen molar-refractivity contribution in [3.05, 3.63) is 56.8 Å². The highest BCUT2D eigenvalue weighted by atomic mass is 32.1. The predicted molar refractivity (Wildman–Crippen MR) is 87.5 cm³/mol. The molecule has 0 spiro atoms. The molecule has 1 aromatic heterocycles. The molecule has 0 amide bonds. The lowest BCUT2D eigenvalue weighted by atomic mass is 9.95. The molecule has 20 heavy (non-hydrogen) atoms. The van der Waals surface area contributed by atoms with E-state index < -0.39 is 0 Å². The standard InChI is InChI=1S/C18H23NS/c1-18(2,3)16-10-9-15(20-16)17(19)14-8-7-12-5-4-6-13(12)11-14/h7-11,17H,4-6,19H2,1-3H3. The Balaban J connectivity index is 1.89. The van der Waals surface area contributed by atoms with Crippen LogP contribution in [0.15, 0.2) is 30.3 Å². The monoisotopic (exact) mass is 285 g/mol. The molecule has 1 aliphatic rings. The van der Waals surface area contributed by atoms with Crippen LogP contribution in [0.3, 0.4) is 0 Å². The van der Waals surface area contributed by atoms with Crippen LogP contribution in [0.1, 0.15) is 59.7 Å². The van der Waals surface area contributed by atoms with E-state index in [9.17, 15) is 0 Å². The van der Waals surface area contributed by atoms with Gasteiger partial charge in [0.1, 0.15) is 0 Å². The molecule has 2 N–H and O–H groups in total. The fourth-order valence-electron chi connectivity index (χ4n) is 2.87. The van der Waals surface area contributed by atoms with Gasteiger partial charge in [-0.25, -0.2) is 0 Å². The zero-order chi connectivity index (χ0) is 14.3. The molecular formula is C18H23NS. The molecule has 1 atom stereocenters. The van der Waals surface area contributed by atoms with Crippen molar-refractivity contribution in [3.63, 3.8) is 0 Å². The molecule has 3 rings (SSSR count). The van der Waals surface area contributed by atoms with Gasteiger partial charge < -0.3 is 5.73 Å². The first-order valence-corrected chi connectivity index (χ1v) is 8.24. The lowest BCUT2D eigenvalue weighted by Crippen LogP contribution is -2.11. The molecule has 1 aromatic carbocycles. The van der Waals surface area contributed by atoms with Gasteiger partial charge in [-0.3, -0.25) is 0 Å². The summed E-state index contributed by atoms with van der Waals surface area (Å²) in [6.07, 6.45) is 3.74. The molecule has 0 saturated heterocycles. The van der Waals surface area contributed by atoms with Gasteiger partial charge >= 0.3 is 0 Å². The maximum absolute atomic E-state index is 6.48. The number of hydrogen-bond acceptors (Lipinski definition) is 2. The molecule has 1 aliphatic carbocycles. The smallest absolute Gasteiger partial charge is 0.0646 e. The van der Waals surface area contributed by atoms with Crippen LogP contribution in [-0.2, 0) is 18.3 Å². The second-order valence-corrected chi connectivity index (χ2v) is 7.93. The first kappa shape index (κ1) is 13.8. The minimum Gasteiger partial charge on any atom is -0.320 e. The van der Waals surface area contributed by atoms with E-state index in [1.807, 2.05) is 11.3 Å². The molecule has 0 fully saturated rings. The van der Waals surface area contributed by atoms with Crippen molar-refractivity contribution in [2.75, 3.05) is 0 Å². The Kier molecular flexibility index (Phi) is 3.47. The number of rotatable bonds is 2. The van der Waals surface area contributed by atoms with Crippen LogP contribution in [0.4, 0.5) is 0 Å². The van der Waals surface area contributed by atoms with Crippen molar-refractivity contribution < 1.29 is 0 Å². The van der Waals surface area contributed by atoms with Gasteiger partial charge in [-0.2, -0.15) is 0 Å². The van der Waals surface area contributed by atoms with Crippen molar-refractivity contribution in [1.82, 2.24) is 0 Å². The quantitative estimate of drug-likeness (QED) is 0.858. The fraction of sp³-hybridized carbons (Fsp3) is 0.444. The van der Waals surface area contributed by atoms with Crippen LogP contribution in [-0.4, -0.2) is 0 Å². The molecule has 2 heteroatoms. The van der Waals surface area contributed by atoms with Crippen LogP contribution in [0.2, 0.25) is 0 Å². The van der Waals surface area contributed by atoms with Crippen molar-refractivity contribution in [3.8, 4) is 0 Å². The molecule has 0 saturated carbocycles. The second kappa shape index (κ2) is 5.01. The average molecular weight is 285 g/mol. The predicted octanol–water partition coefficient (Wildman–Crippen LogP) is 4.58. The van der Waals surface area contributed by atoms with Gasteiger partial charge in [0.25, 0.3) is 0 Å². The summed E-state index contributed by atoms with van der Waals surface area (Å²) in [4.78, 5) is 2.68. The van der Waals surface area contributed by atoms with E-state index in [-0.39, 0.29) is 11.5 Å². The molecular weight excluding hydrogens is 262 g/mol. The highest BCUT2D eigenvalue weighted by molar-refractivity contribution is 7.12. The minimum absolute atomic E-state index is 0.0157. The molecule has 1 nitrogen and oxygen atoms in total. The first-order valence-electron chi connectivity index (χ1n) is 7.42. The van der Waals surface area contributed by atoms with Gasteiger partial charge in [-0.1, -0.05) is 39.0 Å². The summed E-state index contributed by atoms with van der Waals surface area (Å²) in [6.45, 7) is 6.76. The zero-order valence-electron chi connectivity index (χ0n) is 12.6. The largest absolute Gasteiger partial charge is 0.320 e. The summed E-state index contributed by atoms with van der Waals surface area (Å²) in [6, 6.07) is 11.3. The summed E-state index contributed by atoms with van der Waals surface area (Å²) in [7, 11) is 0. The van der Waals surface area contributed by atoms with Gasteiger partial charge in [0, 0.05) is 9.75 Å². The summed E-state index contributed by atoms with van der Waals surface area (Å²) in [5.74, 6) is 0. The summed E-state index contributed by atoms with van der Waals surface area (Å²) >= 11 is 1.85. The Morgan fingerprint density at radius 2 is 1.80 bits per heavy atom. The molecule has 2 aromatic rings. The Morgan fingerprint density at radius 1 is 1.05 bits per heavy atom. The van der Waals surface area contributed by atoms with Gasteiger partial charge in [0.2, 0.25) is 0 Å². The molecule has 0 radical (unpaired) electrons. The van der Waals surface area contributed by atoms with E-state index in [0.29, 0.717) is 0 Å². The molecule has 1 unspecified atom stereocenters. The summed E-state index contributed by atoms with van der Waals surface area (Å²) in [5.41, 5.74) is 11.0. The molecule has 0 bridgehead atoms. The molecule has 1 heterocycles. The van der Waals surface area contributed by atoms with Crippen molar-refractivity contribution in [2.45, 2.75) is 51.5 Å². The normalized spacial score (nSPS) is 16.2. The third-order valence-electron chi connectivity index (χ3n) is 4.15. The average Bonchev–Trinajstić information content (AvgIpc) is 3.05. The van der Waals surface area contributed by atoms with E-state index in [2.05, 4.69) is 51.1 Å². The first-order chi connectivity index (χ1) is 9.45. The van der Waals surface area contributed by atoms with Crippen molar-refractivity contribution in [2.24, 2.45) is 5.73 Å². The maximum atomic E-state index is 6.48. The SMILES string of the molecule is CC(C)(C)c1ccc(C(N)c2ccc3c(c2)CCC3)s1. The number of fused-ring (bicyclic) bond motifs is 1. The topological polar surface area (TPSA) is 26.0 Å². The van der Waals surface area contributed by atoms with Gasteiger partial charge in [0.15, 0.2) is 0 Å². The highest BCUT2D eigenvalue weighted by Gasteiger charge is 2.20. The number of hydrogen-bond donors (Lipinski definition) is 1. The van der Waals surface area contributed by atoms with E-state index in [1.54, 1.807) is 0 Å². The lowest BCUT2D eigenvalue weighted by molar-refractivity contribution is 0.604. The lowest BCUT2D eigenvalue weighted by Gasteiger charge is -2.16. The third-order valence-corrected chi connectivity index (χ3v) is 5.75. The van der Waals surface area contributed by atoms with E-state index in [4.69, 9.17) is 5.73 Å². The summed E-state index contributed by atoms with van der Waals surface area (Å²) < 4.78 is 0.